The number of aromatic nitrogens is 2. The summed E-state index contributed by atoms with van der Waals surface area (Å²) in [6, 6.07) is 41.6. The first-order valence-corrected chi connectivity index (χ1v) is 15.5. The van der Waals surface area contributed by atoms with Crippen LogP contribution < -0.4 is 0 Å². The molecule has 0 spiro atoms. The first kappa shape index (κ1) is 25.4. The molecule has 0 unspecified atom stereocenters. The van der Waals surface area contributed by atoms with Crippen molar-refractivity contribution in [1.82, 2.24) is 9.97 Å². The number of furan rings is 1. The smallest absolute Gasteiger partial charge is 0.227 e. The lowest BCUT2D eigenvalue weighted by Gasteiger charge is -2.22. The Morgan fingerprint density at radius 1 is 0.435 bits per heavy atom. The van der Waals surface area contributed by atoms with Gasteiger partial charge in [0.1, 0.15) is 22.2 Å². The maximum Gasteiger partial charge on any atom is 0.227 e. The second-order valence-corrected chi connectivity index (χ2v) is 12.7. The van der Waals surface area contributed by atoms with E-state index in [1.54, 1.807) is 0 Å². The zero-order valence-electron chi connectivity index (χ0n) is 25.2. The molecule has 0 aliphatic heterocycles. The topological polar surface area (TPSA) is 65.2 Å². The Morgan fingerprint density at radius 2 is 1.02 bits per heavy atom. The molecule has 5 heteroatoms. The van der Waals surface area contributed by atoms with Gasteiger partial charge in [0, 0.05) is 27.3 Å². The maximum absolute atomic E-state index is 6.28. The number of nitrogens with zero attached hydrogens (tertiary/aromatic N) is 2. The van der Waals surface area contributed by atoms with Gasteiger partial charge >= 0.3 is 0 Å². The van der Waals surface area contributed by atoms with Gasteiger partial charge in [-0.2, -0.15) is 0 Å². The van der Waals surface area contributed by atoms with Gasteiger partial charge < -0.3 is 13.3 Å². The Balaban J connectivity index is 1.15. The van der Waals surface area contributed by atoms with Gasteiger partial charge in [-0.3, -0.25) is 0 Å². The van der Waals surface area contributed by atoms with Gasteiger partial charge in [-0.05, 0) is 100 Å². The van der Waals surface area contributed by atoms with Gasteiger partial charge in [-0.1, -0.05) is 68.4 Å². The summed E-state index contributed by atoms with van der Waals surface area (Å²) < 4.78 is 18.7. The molecule has 0 saturated carbocycles. The second kappa shape index (κ2) is 9.05. The molecule has 5 nitrogen and oxygen atoms in total. The molecule has 0 saturated heterocycles. The maximum atomic E-state index is 6.28. The van der Waals surface area contributed by atoms with Crippen molar-refractivity contribution in [2.45, 2.75) is 19.3 Å². The van der Waals surface area contributed by atoms with E-state index in [1.807, 2.05) is 66.7 Å². The third-order valence-electron chi connectivity index (χ3n) is 9.52. The second-order valence-electron chi connectivity index (χ2n) is 12.7. The van der Waals surface area contributed by atoms with E-state index >= 15 is 0 Å². The third-order valence-corrected chi connectivity index (χ3v) is 9.52. The van der Waals surface area contributed by atoms with Crippen LogP contribution in [0.1, 0.15) is 25.0 Å². The van der Waals surface area contributed by atoms with Crippen molar-refractivity contribution in [3.05, 3.63) is 132 Å². The van der Waals surface area contributed by atoms with Crippen LogP contribution in [0, 0.1) is 0 Å². The van der Waals surface area contributed by atoms with E-state index in [1.165, 1.54) is 22.3 Å². The average Bonchev–Trinajstić information content (AvgIpc) is 3.85. The Hall–Kier alpha value is -5.94. The van der Waals surface area contributed by atoms with Crippen molar-refractivity contribution >= 4 is 44.1 Å². The standard InChI is InChI=1S/C41H26N2O3/c1-41(2)31-20-23(15-16-27(31)29-22-38-30(21-32(29)41)28-9-3-6-12-35(28)44-38)24-17-25(39-42-33-10-4-7-13-36(33)45-39)19-26(18-24)40-43-34-11-5-8-14-37(34)46-40/h3-22H,1-2H3. The molecule has 1 aliphatic rings. The SMILES string of the molecule is CC1(C)c2cc(-c3cc(-c4nc5ccccc5o4)cc(-c4nc5ccccc5o4)c3)ccc2-c2cc3oc4ccccc4c3cc21. The fourth-order valence-electron chi connectivity index (χ4n) is 7.16. The summed E-state index contributed by atoms with van der Waals surface area (Å²) in [6.07, 6.45) is 0. The van der Waals surface area contributed by atoms with Crippen LogP contribution in [0.5, 0.6) is 0 Å². The molecule has 9 aromatic rings. The Kier molecular flexibility index (Phi) is 5.00. The van der Waals surface area contributed by atoms with Crippen molar-refractivity contribution in [2.24, 2.45) is 0 Å². The van der Waals surface area contributed by atoms with Crippen LogP contribution in [0.4, 0.5) is 0 Å². The molecule has 0 N–H and O–H groups in total. The summed E-state index contributed by atoms with van der Waals surface area (Å²) in [6.45, 7) is 4.63. The van der Waals surface area contributed by atoms with Gasteiger partial charge in [0.15, 0.2) is 11.2 Å². The quantitative estimate of drug-likeness (QED) is 0.204. The molecule has 0 amide bonds. The summed E-state index contributed by atoms with van der Waals surface area (Å²) in [4.78, 5) is 9.64. The molecule has 218 valence electrons. The van der Waals surface area contributed by atoms with Crippen molar-refractivity contribution in [2.75, 3.05) is 0 Å². The monoisotopic (exact) mass is 594 g/mol. The number of oxazole rings is 2. The van der Waals surface area contributed by atoms with Gasteiger partial charge in [0.2, 0.25) is 11.8 Å². The van der Waals surface area contributed by atoms with Crippen LogP contribution in [-0.2, 0) is 5.41 Å². The average molecular weight is 595 g/mol. The van der Waals surface area contributed by atoms with E-state index in [0.717, 1.165) is 66.4 Å². The highest BCUT2D eigenvalue weighted by Crippen LogP contribution is 2.52. The minimum atomic E-state index is -0.200. The number of hydrogen-bond donors (Lipinski definition) is 0. The van der Waals surface area contributed by atoms with E-state index in [9.17, 15) is 0 Å². The third kappa shape index (κ3) is 3.63. The fraction of sp³-hybridized carbons (Fsp3) is 0.0732. The van der Waals surface area contributed by atoms with Crippen LogP contribution in [0.15, 0.2) is 135 Å². The van der Waals surface area contributed by atoms with Crippen molar-refractivity contribution in [3.63, 3.8) is 0 Å². The normalized spacial score (nSPS) is 13.6. The van der Waals surface area contributed by atoms with Gasteiger partial charge in [0.25, 0.3) is 0 Å². The van der Waals surface area contributed by atoms with Crippen LogP contribution >= 0.6 is 0 Å². The first-order valence-electron chi connectivity index (χ1n) is 15.5. The van der Waals surface area contributed by atoms with E-state index in [0.29, 0.717) is 11.8 Å². The van der Waals surface area contributed by atoms with Crippen molar-refractivity contribution in [3.8, 4) is 45.2 Å². The van der Waals surface area contributed by atoms with Gasteiger partial charge in [-0.15, -0.1) is 0 Å². The summed E-state index contributed by atoms with van der Waals surface area (Å²) in [5.41, 5.74) is 13.7. The van der Waals surface area contributed by atoms with E-state index < -0.39 is 0 Å². The van der Waals surface area contributed by atoms with Gasteiger partial charge in [-0.25, -0.2) is 9.97 Å². The first-order chi connectivity index (χ1) is 22.5. The zero-order valence-corrected chi connectivity index (χ0v) is 25.2. The lowest BCUT2D eigenvalue weighted by atomic mass is 9.81. The van der Waals surface area contributed by atoms with Crippen molar-refractivity contribution in [1.29, 1.82) is 0 Å². The molecule has 3 heterocycles. The molecule has 6 aromatic carbocycles. The summed E-state index contributed by atoms with van der Waals surface area (Å²) >= 11 is 0. The van der Waals surface area contributed by atoms with E-state index in [2.05, 4.69) is 68.4 Å². The number of fused-ring (bicyclic) bond motifs is 8. The highest BCUT2D eigenvalue weighted by atomic mass is 16.4. The molecule has 10 rings (SSSR count). The van der Waals surface area contributed by atoms with Crippen LogP contribution in [0.25, 0.3) is 89.3 Å². The van der Waals surface area contributed by atoms with E-state index in [4.69, 9.17) is 23.2 Å². The molecular formula is C41H26N2O3. The van der Waals surface area contributed by atoms with Gasteiger partial charge in [0.05, 0.1) is 0 Å². The molecule has 46 heavy (non-hydrogen) atoms. The highest BCUT2D eigenvalue weighted by Gasteiger charge is 2.36. The Morgan fingerprint density at radius 3 is 1.70 bits per heavy atom. The summed E-state index contributed by atoms with van der Waals surface area (Å²) in [7, 11) is 0. The largest absolute Gasteiger partial charge is 0.456 e. The summed E-state index contributed by atoms with van der Waals surface area (Å²) in [5, 5.41) is 2.31. The molecule has 3 aromatic heterocycles. The van der Waals surface area contributed by atoms with Crippen molar-refractivity contribution < 1.29 is 13.3 Å². The van der Waals surface area contributed by atoms with Crippen LogP contribution in [0.2, 0.25) is 0 Å². The molecule has 0 fully saturated rings. The fourth-order valence-corrected chi connectivity index (χ4v) is 7.16. The zero-order chi connectivity index (χ0) is 30.6. The molecule has 1 aliphatic carbocycles. The predicted octanol–water partition coefficient (Wildman–Crippen LogP) is 11.2. The van der Waals surface area contributed by atoms with E-state index in [-0.39, 0.29) is 5.41 Å². The number of hydrogen-bond acceptors (Lipinski definition) is 5. The number of benzene rings is 6. The summed E-state index contributed by atoms with van der Waals surface area (Å²) in [5.74, 6) is 1.12. The lowest BCUT2D eigenvalue weighted by molar-refractivity contribution is 0.617. The molecule has 0 bridgehead atoms. The lowest BCUT2D eigenvalue weighted by Crippen LogP contribution is -2.15. The highest BCUT2D eigenvalue weighted by molar-refractivity contribution is 6.07. The van der Waals surface area contributed by atoms with Crippen LogP contribution in [-0.4, -0.2) is 9.97 Å². The number of para-hydroxylation sites is 5. The molecule has 0 radical (unpaired) electrons. The Labute approximate surface area is 263 Å². The molecular weight excluding hydrogens is 568 g/mol. The Bertz CT molecular complexity index is 2530. The predicted molar refractivity (Wildman–Crippen MR) is 183 cm³/mol. The van der Waals surface area contributed by atoms with Crippen LogP contribution in [0.3, 0.4) is 0 Å². The minimum Gasteiger partial charge on any atom is -0.456 e. The minimum absolute atomic E-state index is 0.200. The number of rotatable bonds is 3. The molecule has 0 atom stereocenters.